The topological polar surface area (TPSA) is 20.2 Å². The molecule has 1 N–H and O–H groups in total. The van der Waals surface area contributed by atoms with Crippen molar-refractivity contribution in [3.8, 4) is 0 Å². The minimum atomic E-state index is 0. The van der Waals surface area contributed by atoms with Crippen molar-refractivity contribution >= 4 is 0 Å². The first-order valence-corrected chi connectivity index (χ1v) is 2.36. The molecule has 5 heteroatoms. The molecule has 1 nitrogen and oxygen atoms in total. The summed E-state index contributed by atoms with van der Waals surface area (Å²) in [5.41, 5.74) is 0. The molecule has 0 atom stereocenters. The van der Waals surface area contributed by atoms with Gasteiger partial charge in [0.2, 0.25) is 0 Å². The van der Waals surface area contributed by atoms with Gasteiger partial charge in [0.1, 0.15) is 0 Å². The molecule has 12 heavy (non-hydrogen) atoms. The Hall–Kier alpha value is -0.147. The van der Waals surface area contributed by atoms with Gasteiger partial charge >= 0.3 is 26.2 Å². The Labute approximate surface area is 89.0 Å². The first kappa shape index (κ1) is 29.7. The van der Waals surface area contributed by atoms with Gasteiger partial charge in [0, 0.05) is 7.11 Å². The van der Waals surface area contributed by atoms with E-state index in [1.54, 1.807) is 0 Å². The van der Waals surface area contributed by atoms with E-state index in [0.717, 1.165) is 7.11 Å². The molecule has 1 aromatic carbocycles. The number of aliphatic hydroxyl groups is 1. The van der Waals surface area contributed by atoms with Crippen LogP contribution in [0.2, 0.25) is 0 Å². The predicted molar refractivity (Wildman–Crippen MR) is 33.4 cm³/mol. The van der Waals surface area contributed by atoms with Gasteiger partial charge in [-0.05, 0) is 0 Å². The summed E-state index contributed by atoms with van der Waals surface area (Å²) in [6, 6.07) is 12.5. The number of hydrogen-bond donors (Lipinski definition) is 1. The summed E-state index contributed by atoms with van der Waals surface area (Å²) in [4.78, 5) is 0. The molecule has 0 unspecified atom stereocenters. The molecule has 68 valence electrons. The monoisotopic (exact) mass is 256 g/mol. The summed E-state index contributed by atoms with van der Waals surface area (Å²) in [6.45, 7) is 0. The van der Waals surface area contributed by atoms with Gasteiger partial charge in [0.15, 0.2) is 0 Å². The van der Waals surface area contributed by atoms with Crippen molar-refractivity contribution in [3.05, 3.63) is 36.4 Å². The zero-order valence-corrected chi connectivity index (χ0v) is 8.93. The molecule has 0 bridgehead atoms. The van der Waals surface area contributed by atoms with Crippen molar-refractivity contribution in [1.82, 2.24) is 0 Å². The summed E-state index contributed by atoms with van der Waals surface area (Å²) >= 11 is 0. The molecule has 0 spiro atoms. The smallest absolute Gasteiger partial charge is 1.00 e. The fraction of sp³-hybridized carbons (Fsp3) is 0.143. The minimum absolute atomic E-state index is 0. The van der Waals surface area contributed by atoms with Gasteiger partial charge in [-0.25, -0.2) is 0 Å². The molecule has 0 aliphatic rings. The van der Waals surface area contributed by atoms with Gasteiger partial charge < -0.3 is 19.2 Å². The zero-order chi connectivity index (χ0) is 6.24. The second-order valence-electron chi connectivity index (χ2n) is 1.08. The zero-order valence-electron chi connectivity index (χ0n) is 6.47. The summed E-state index contributed by atoms with van der Waals surface area (Å²) in [6.07, 6.45) is 0. The quantitative estimate of drug-likeness (QED) is 0.458. The van der Waals surface area contributed by atoms with Crippen LogP contribution in [-0.4, -0.2) is 12.2 Å². The maximum Gasteiger partial charge on any atom is 4.00 e. The van der Waals surface area contributed by atoms with E-state index in [1.165, 1.54) is 0 Å². The van der Waals surface area contributed by atoms with Crippen molar-refractivity contribution in [2.75, 3.05) is 7.11 Å². The molecule has 0 saturated carbocycles. The van der Waals surface area contributed by atoms with Crippen LogP contribution in [0.4, 0.5) is 0 Å². The fourth-order valence-corrected chi connectivity index (χ4v) is 0.342. The molecule has 0 aliphatic heterocycles. The summed E-state index contributed by atoms with van der Waals surface area (Å²) < 4.78 is 0. The molecule has 0 radical (unpaired) electrons. The Bertz CT molecular complexity index is 90.6. The minimum Gasteiger partial charge on any atom is -1.00 e. The van der Waals surface area contributed by atoms with Crippen LogP contribution in [0.3, 0.4) is 0 Å². The van der Waals surface area contributed by atoms with Gasteiger partial charge in [-0.2, -0.15) is 36.4 Å². The van der Waals surface area contributed by atoms with Crippen LogP contribution >= 0.6 is 0 Å². The van der Waals surface area contributed by atoms with Crippen LogP contribution in [0.25, 0.3) is 0 Å². The fourth-order valence-electron chi connectivity index (χ4n) is 0.342. The van der Waals surface area contributed by atoms with Crippen LogP contribution in [-0.2, 0) is 26.2 Å². The third-order valence-electron chi connectivity index (χ3n) is 0.607. The molecule has 0 amide bonds. The predicted octanol–water partition coefficient (Wildman–Crippen LogP) is -7.90. The average molecular weight is 257 g/mol. The Morgan fingerprint density at radius 1 is 0.833 bits per heavy atom. The van der Waals surface area contributed by atoms with E-state index >= 15 is 0 Å². The van der Waals surface area contributed by atoms with Gasteiger partial charge in [-0.15, -0.1) is 0 Å². The van der Waals surface area contributed by atoms with Gasteiger partial charge in [-0.3, -0.25) is 0 Å². The van der Waals surface area contributed by atoms with Crippen LogP contribution in [0, 0.1) is 6.07 Å². The van der Waals surface area contributed by atoms with E-state index in [2.05, 4.69) is 6.07 Å². The first-order chi connectivity index (χ1) is 4.00. The van der Waals surface area contributed by atoms with Crippen LogP contribution in [0.1, 0.15) is 0 Å². The number of rotatable bonds is 0. The van der Waals surface area contributed by atoms with Gasteiger partial charge in [0.25, 0.3) is 0 Å². The Morgan fingerprint density at radius 3 is 1.25 bits per heavy atom. The van der Waals surface area contributed by atoms with E-state index in [9.17, 15) is 0 Å². The number of aliphatic hydroxyl groups excluding tert-OH is 1. The van der Waals surface area contributed by atoms with E-state index in [-0.39, 0.29) is 40.3 Å². The molecule has 1 rings (SSSR count). The molecule has 0 fully saturated rings. The third kappa shape index (κ3) is 22.5. The van der Waals surface area contributed by atoms with E-state index in [0.29, 0.717) is 0 Å². The number of hydrogen-bond acceptors (Lipinski definition) is 1. The van der Waals surface area contributed by atoms with Crippen LogP contribution in [0.5, 0.6) is 0 Å². The summed E-state index contributed by atoms with van der Waals surface area (Å²) in [5, 5.41) is 7.00. The number of halogens is 3. The van der Waals surface area contributed by atoms with Crippen LogP contribution in [0.15, 0.2) is 30.3 Å². The van der Waals surface area contributed by atoms with Gasteiger partial charge in [0.05, 0.1) is 0 Å². The molecule has 0 saturated heterocycles. The molecular weight excluding hydrogens is 248 g/mol. The van der Waals surface area contributed by atoms with E-state index in [1.807, 2.05) is 30.3 Å². The molecule has 0 heterocycles. The van der Waals surface area contributed by atoms with Crippen molar-refractivity contribution in [2.45, 2.75) is 0 Å². The Balaban J connectivity index is -0.0000000257. The standard InChI is InChI=1S/C6H5.CH4O.3FH.Zr/c1-2-4-6-5-3-1;1-2;;;;/h1-5H;2H,1H3;3*1H;/q-1;;;;;+4/p-3. The molecular formula is C7H9F3OZr. The second kappa shape index (κ2) is 30.8. The average Bonchev–Trinajstić information content (AvgIpc) is 1.96. The van der Waals surface area contributed by atoms with E-state index < -0.39 is 0 Å². The Morgan fingerprint density at radius 2 is 1.17 bits per heavy atom. The first-order valence-electron chi connectivity index (χ1n) is 2.36. The maximum atomic E-state index is 7.00. The number of benzene rings is 1. The molecule has 0 aliphatic carbocycles. The van der Waals surface area contributed by atoms with Crippen molar-refractivity contribution < 1.29 is 45.4 Å². The van der Waals surface area contributed by atoms with Crippen molar-refractivity contribution in [3.63, 3.8) is 0 Å². The second-order valence-corrected chi connectivity index (χ2v) is 1.08. The maximum absolute atomic E-state index is 7.00. The summed E-state index contributed by atoms with van der Waals surface area (Å²) in [7, 11) is 1.00. The van der Waals surface area contributed by atoms with E-state index in [4.69, 9.17) is 5.11 Å². The normalized spacial score (nSPS) is 4.50. The SMILES string of the molecule is CO.[F-].[F-].[F-].[Zr+4].[c-]1ccccc1. The molecule has 0 aromatic heterocycles. The Kier molecular flexibility index (Phi) is 76.2. The largest absolute Gasteiger partial charge is 4.00 e. The third-order valence-corrected chi connectivity index (χ3v) is 0.607. The van der Waals surface area contributed by atoms with Crippen LogP contribution < -0.4 is 14.1 Å². The summed E-state index contributed by atoms with van der Waals surface area (Å²) in [5.74, 6) is 0. The van der Waals surface area contributed by atoms with Crippen molar-refractivity contribution in [1.29, 1.82) is 0 Å². The van der Waals surface area contributed by atoms with Crippen molar-refractivity contribution in [2.24, 2.45) is 0 Å². The molecule has 1 aromatic rings. The van der Waals surface area contributed by atoms with Gasteiger partial charge in [-0.1, -0.05) is 0 Å².